The van der Waals surface area contributed by atoms with Crippen LogP contribution in [-0.4, -0.2) is 60.4 Å². The highest BCUT2D eigenvalue weighted by Crippen LogP contribution is 2.41. The molecule has 4 rings (SSSR count). The number of aliphatic hydroxyl groups excluding tert-OH is 1. The number of para-hydroxylation sites is 1. The zero-order valence-corrected chi connectivity index (χ0v) is 21.9. The van der Waals surface area contributed by atoms with Crippen LogP contribution in [0.3, 0.4) is 0 Å². The van der Waals surface area contributed by atoms with Crippen molar-refractivity contribution in [3.8, 4) is 17.2 Å². The van der Waals surface area contributed by atoms with E-state index in [0.717, 1.165) is 0 Å². The van der Waals surface area contributed by atoms with Crippen LogP contribution < -0.4 is 9.47 Å². The van der Waals surface area contributed by atoms with Crippen molar-refractivity contribution in [1.82, 2.24) is 9.80 Å². The molecule has 0 saturated carbocycles. The molecular formula is C31H32N2O5. The van der Waals surface area contributed by atoms with Crippen LogP contribution in [0.5, 0.6) is 17.2 Å². The quantitative estimate of drug-likeness (QED) is 0.171. The van der Waals surface area contributed by atoms with Crippen LogP contribution in [0.25, 0.3) is 5.76 Å². The van der Waals surface area contributed by atoms with E-state index in [9.17, 15) is 14.7 Å². The van der Waals surface area contributed by atoms with Gasteiger partial charge in [0.15, 0.2) is 0 Å². The van der Waals surface area contributed by atoms with Crippen molar-refractivity contribution in [3.63, 3.8) is 0 Å². The number of likely N-dealkylation sites (N-methyl/N-ethyl adjacent to an activating group) is 1. The maximum atomic E-state index is 13.4. The Morgan fingerprint density at radius 3 is 2.42 bits per heavy atom. The SMILES string of the molecule is C=CCOc1ccc(C(O)=C2C(=O)C(=O)N(CCN(C)C)[C@@H]2c2cccc(Oc3ccccc3)c2)c(C)c1. The first-order valence-electron chi connectivity index (χ1n) is 12.4. The Bertz CT molecular complexity index is 1360. The van der Waals surface area contributed by atoms with Crippen molar-refractivity contribution < 1.29 is 24.2 Å². The molecule has 0 bridgehead atoms. The summed E-state index contributed by atoms with van der Waals surface area (Å²) < 4.78 is 11.6. The number of carbonyl (C=O) groups excluding carboxylic acids is 2. The fourth-order valence-electron chi connectivity index (χ4n) is 4.43. The van der Waals surface area contributed by atoms with Gasteiger partial charge in [0.1, 0.15) is 29.6 Å². The minimum Gasteiger partial charge on any atom is -0.507 e. The van der Waals surface area contributed by atoms with Crippen molar-refractivity contribution in [3.05, 3.63) is 108 Å². The molecule has 0 radical (unpaired) electrons. The van der Waals surface area contributed by atoms with Gasteiger partial charge >= 0.3 is 0 Å². The number of aryl methyl sites for hydroxylation is 1. The highest BCUT2D eigenvalue weighted by atomic mass is 16.5. The Balaban J connectivity index is 1.79. The Kier molecular flexibility index (Phi) is 8.28. The molecule has 0 aliphatic carbocycles. The van der Waals surface area contributed by atoms with Gasteiger partial charge in [-0.25, -0.2) is 0 Å². The minimum absolute atomic E-state index is 0.0495. The number of benzene rings is 3. The molecule has 3 aromatic rings. The van der Waals surface area contributed by atoms with Gasteiger partial charge in [-0.15, -0.1) is 0 Å². The third-order valence-electron chi connectivity index (χ3n) is 6.30. The highest BCUT2D eigenvalue weighted by Gasteiger charge is 2.46. The predicted octanol–water partition coefficient (Wildman–Crippen LogP) is 5.34. The molecular weight excluding hydrogens is 480 g/mol. The summed E-state index contributed by atoms with van der Waals surface area (Å²) in [7, 11) is 3.80. The van der Waals surface area contributed by atoms with Crippen LogP contribution >= 0.6 is 0 Å². The fourth-order valence-corrected chi connectivity index (χ4v) is 4.43. The second-order valence-electron chi connectivity index (χ2n) is 9.36. The molecule has 1 atom stereocenters. The summed E-state index contributed by atoms with van der Waals surface area (Å²) in [5.41, 5.74) is 1.89. The van der Waals surface area contributed by atoms with Crippen molar-refractivity contribution in [2.24, 2.45) is 0 Å². The molecule has 3 aromatic carbocycles. The molecule has 0 unspecified atom stereocenters. The molecule has 1 aliphatic heterocycles. The molecule has 1 fully saturated rings. The number of amides is 1. The summed E-state index contributed by atoms with van der Waals surface area (Å²) in [5, 5.41) is 11.5. The van der Waals surface area contributed by atoms with Gasteiger partial charge in [-0.3, -0.25) is 9.59 Å². The standard InChI is InChI=1S/C31H32N2O5/c1-5-18-37-24-14-15-26(21(2)19-24)29(34)27-28(33(17-16-32(3)4)31(36)30(27)35)22-10-9-13-25(20-22)38-23-11-7-6-8-12-23/h5-15,19-20,28,34H,1,16-18H2,2-4H3/t28-/m1/s1. The Hall–Kier alpha value is -4.36. The normalized spacial score (nSPS) is 16.6. The summed E-state index contributed by atoms with van der Waals surface area (Å²) in [4.78, 5) is 30.1. The van der Waals surface area contributed by atoms with Gasteiger partial charge in [-0.05, 0) is 74.6 Å². The van der Waals surface area contributed by atoms with E-state index in [4.69, 9.17) is 9.47 Å². The molecule has 1 saturated heterocycles. The Labute approximate surface area is 223 Å². The minimum atomic E-state index is -0.773. The van der Waals surface area contributed by atoms with Crippen LogP contribution in [0.15, 0.2) is 91.0 Å². The lowest BCUT2D eigenvalue weighted by Crippen LogP contribution is -2.35. The van der Waals surface area contributed by atoms with Gasteiger partial charge in [0.2, 0.25) is 0 Å². The van der Waals surface area contributed by atoms with Crippen LogP contribution in [0.1, 0.15) is 22.7 Å². The molecule has 1 heterocycles. The molecule has 1 amide bonds. The largest absolute Gasteiger partial charge is 0.507 e. The van der Waals surface area contributed by atoms with E-state index < -0.39 is 17.7 Å². The third kappa shape index (κ3) is 5.79. The summed E-state index contributed by atoms with van der Waals surface area (Å²) in [6, 6.07) is 21.1. The van der Waals surface area contributed by atoms with Crippen LogP contribution in [0, 0.1) is 6.92 Å². The van der Waals surface area contributed by atoms with E-state index in [0.29, 0.717) is 53.6 Å². The van der Waals surface area contributed by atoms with Gasteiger partial charge in [0, 0.05) is 18.7 Å². The molecule has 1 aliphatic rings. The van der Waals surface area contributed by atoms with E-state index in [1.165, 1.54) is 4.90 Å². The zero-order chi connectivity index (χ0) is 27.2. The van der Waals surface area contributed by atoms with E-state index in [-0.39, 0.29) is 11.3 Å². The second kappa shape index (κ2) is 11.8. The number of ether oxygens (including phenoxy) is 2. The van der Waals surface area contributed by atoms with E-state index in [2.05, 4.69) is 6.58 Å². The topological polar surface area (TPSA) is 79.3 Å². The van der Waals surface area contributed by atoms with E-state index in [1.807, 2.05) is 74.4 Å². The van der Waals surface area contributed by atoms with Gasteiger partial charge in [-0.1, -0.05) is 43.0 Å². The molecule has 7 heteroatoms. The number of Topliss-reactive ketones (excluding diaryl/α,β-unsaturated/α-hetero) is 1. The first-order chi connectivity index (χ1) is 18.3. The van der Waals surface area contributed by atoms with Crippen molar-refractivity contribution in [2.75, 3.05) is 33.8 Å². The predicted molar refractivity (Wildman–Crippen MR) is 147 cm³/mol. The molecule has 0 aromatic heterocycles. The molecule has 196 valence electrons. The van der Waals surface area contributed by atoms with E-state index >= 15 is 0 Å². The van der Waals surface area contributed by atoms with Gasteiger partial charge in [0.05, 0.1) is 11.6 Å². The van der Waals surface area contributed by atoms with E-state index in [1.54, 1.807) is 30.3 Å². The summed E-state index contributed by atoms with van der Waals surface area (Å²) in [5.74, 6) is 0.270. The van der Waals surface area contributed by atoms with Crippen molar-refractivity contribution in [1.29, 1.82) is 0 Å². The summed E-state index contributed by atoms with van der Waals surface area (Å²) in [6.07, 6.45) is 1.65. The number of carbonyl (C=O) groups is 2. The number of hydrogen-bond donors (Lipinski definition) is 1. The van der Waals surface area contributed by atoms with Gasteiger partial charge in [0.25, 0.3) is 11.7 Å². The number of aliphatic hydroxyl groups is 1. The maximum absolute atomic E-state index is 13.4. The average Bonchev–Trinajstić information content (AvgIpc) is 3.16. The summed E-state index contributed by atoms with van der Waals surface area (Å²) in [6.45, 7) is 6.69. The average molecular weight is 513 g/mol. The monoisotopic (exact) mass is 512 g/mol. The molecule has 7 nitrogen and oxygen atoms in total. The number of likely N-dealkylation sites (tertiary alicyclic amines) is 1. The lowest BCUT2D eigenvalue weighted by Gasteiger charge is -2.27. The van der Waals surface area contributed by atoms with Gasteiger partial charge in [-0.2, -0.15) is 0 Å². The first-order valence-corrected chi connectivity index (χ1v) is 12.4. The number of nitrogens with zero attached hydrogens (tertiary/aromatic N) is 2. The first kappa shape index (κ1) is 26.7. The summed E-state index contributed by atoms with van der Waals surface area (Å²) >= 11 is 0. The molecule has 0 spiro atoms. The van der Waals surface area contributed by atoms with Crippen LogP contribution in [0.4, 0.5) is 0 Å². The molecule has 1 N–H and O–H groups in total. The third-order valence-corrected chi connectivity index (χ3v) is 6.30. The second-order valence-corrected chi connectivity index (χ2v) is 9.36. The Morgan fingerprint density at radius 1 is 1.00 bits per heavy atom. The van der Waals surface area contributed by atoms with Gasteiger partial charge < -0.3 is 24.4 Å². The highest BCUT2D eigenvalue weighted by molar-refractivity contribution is 6.46. The lowest BCUT2D eigenvalue weighted by molar-refractivity contribution is -0.140. The lowest BCUT2D eigenvalue weighted by atomic mass is 9.93. The molecule has 38 heavy (non-hydrogen) atoms. The Morgan fingerprint density at radius 2 is 1.74 bits per heavy atom. The fraction of sp³-hybridized carbons (Fsp3) is 0.226. The number of rotatable bonds is 10. The smallest absolute Gasteiger partial charge is 0.295 e. The number of ketones is 1. The zero-order valence-electron chi connectivity index (χ0n) is 21.9. The van der Waals surface area contributed by atoms with Crippen LogP contribution in [0.2, 0.25) is 0 Å². The van der Waals surface area contributed by atoms with Crippen molar-refractivity contribution >= 4 is 17.4 Å². The maximum Gasteiger partial charge on any atom is 0.295 e. The number of hydrogen-bond acceptors (Lipinski definition) is 6. The van der Waals surface area contributed by atoms with Crippen LogP contribution in [-0.2, 0) is 9.59 Å². The van der Waals surface area contributed by atoms with Crippen molar-refractivity contribution in [2.45, 2.75) is 13.0 Å².